The van der Waals surface area contributed by atoms with Crippen molar-refractivity contribution >= 4 is 11.6 Å². The average molecular weight is 272 g/mol. The van der Waals surface area contributed by atoms with Gasteiger partial charge in [0.15, 0.2) is 5.75 Å². The molecule has 0 atom stereocenters. The van der Waals surface area contributed by atoms with Crippen LogP contribution in [0.5, 0.6) is 11.5 Å². The second-order valence-electron chi connectivity index (χ2n) is 4.23. The fourth-order valence-corrected chi connectivity index (χ4v) is 1.83. The number of rotatable bonds is 5. The lowest BCUT2D eigenvalue weighted by molar-refractivity contribution is 0.0996. The van der Waals surface area contributed by atoms with Gasteiger partial charge in [-0.15, -0.1) is 0 Å². The molecular formula is C15H16N2O3. The van der Waals surface area contributed by atoms with Gasteiger partial charge in [0.25, 0.3) is 5.91 Å². The van der Waals surface area contributed by atoms with E-state index in [1.54, 1.807) is 25.3 Å². The Morgan fingerprint density at radius 2 is 1.95 bits per heavy atom. The molecule has 0 unspecified atom stereocenters. The first kappa shape index (κ1) is 13.7. The molecule has 0 bridgehead atoms. The summed E-state index contributed by atoms with van der Waals surface area (Å²) in [6.07, 6.45) is 0. The topological polar surface area (TPSA) is 87.6 Å². The summed E-state index contributed by atoms with van der Waals surface area (Å²) in [5.74, 6) is 0.475. The molecule has 2 rings (SSSR count). The molecule has 0 saturated carbocycles. The van der Waals surface area contributed by atoms with Crippen molar-refractivity contribution in [1.82, 2.24) is 0 Å². The number of nitrogens with two attached hydrogens (primary N) is 2. The second-order valence-corrected chi connectivity index (χ2v) is 4.23. The minimum absolute atomic E-state index is 0.270. The molecule has 104 valence electrons. The number of benzene rings is 2. The van der Waals surface area contributed by atoms with Crippen LogP contribution in [0.25, 0.3) is 0 Å². The Labute approximate surface area is 117 Å². The largest absolute Gasteiger partial charge is 0.497 e. The third-order valence-electron chi connectivity index (χ3n) is 2.83. The summed E-state index contributed by atoms with van der Waals surface area (Å²) in [4.78, 5) is 11.4. The molecule has 2 aromatic rings. The number of hydrogen-bond donors (Lipinski definition) is 2. The van der Waals surface area contributed by atoms with Crippen LogP contribution in [0.1, 0.15) is 15.9 Å². The molecule has 1 amide bonds. The smallest absolute Gasteiger partial charge is 0.252 e. The summed E-state index contributed by atoms with van der Waals surface area (Å²) in [7, 11) is 1.60. The van der Waals surface area contributed by atoms with Gasteiger partial charge in [-0.1, -0.05) is 18.2 Å². The SMILES string of the molecule is COc1cccc(COc2c(N)cccc2C(N)=O)c1. The van der Waals surface area contributed by atoms with E-state index in [1.165, 1.54) is 0 Å². The minimum atomic E-state index is -0.571. The van der Waals surface area contributed by atoms with Gasteiger partial charge in [-0.2, -0.15) is 0 Å². The fraction of sp³-hybridized carbons (Fsp3) is 0.133. The van der Waals surface area contributed by atoms with Crippen LogP contribution in [0.3, 0.4) is 0 Å². The molecule has 0 aliphatic rings. The molecule has 0 fully saturated rings. The van der Waals surface area contributed by atoms with Gasteiger partial charge in [-0.3, -0.25) is 4.79 Å². The standard InChI is InChI=1S/C15H16N2O3/c1-19-11-5-2-4-10(8-11)9-20-14-12(15(17)18)6-3-7-13(14)16/h2-8H,9,16H2,1H3,(H2,17,18). The molecule has 0 spiro atoms. The van der Waals surface area contributed by atoms with E-state index in [1.807, 2.05) is 24.3 Å². The lowest BCUT2D eigenvalue weighted by atomic mass is 10.1. The Morgan fingerprint density at radius 1 is 1.20 bits per heavy atom. The van der Waals surface area contributed by atoms with Gasteiger partial charge in [0.05, 0.1) is 18.4 Å². The van der Waals surface area contributed by atoms with Crippen molar-refractivity contribution in [2.45, 2.75) is 6.61 Å². The van der Waals surface area contributed by atoms with E-state index in [4.69, 9.17) is 20.9 Å². The number of methoxy groups -OCH3 is 1. The van der Waals surface area contributed by atoms with Crippen LogP contribution in [-0.2, 0) is 6.61 Å². The first-order valence-corrected chi connectivity index (χ1v) is 6.06. The number of nitrogen functional groups attached to an aromatic ring is 1. The summed E-state index contributed by atoms with van der Waals surface area (Å²) in [5.41, 5.74) is 12.7. The molecule has 2 aromatic carbocycles. The van der Waals surface area contributed by atoms with Gasteiger partial charge >= 0.3 is 0 Å². The van der Waals surface area contributed by atoms with E-state index in [-0.39, 0.29) is 12.2 Å². The molecule has 0 aliphatic carbocycles. The maximum atomic E-state index is 11.4. The van der Waals surface area contributed by atoms with Crippen LogP contribution in [0.2, 0.25) is 0 Å². The maximum absolute atomic E-state index is 11.4. The number of carbonyl (C=O) groups excluding carboxylic acids is 1. The summed E-state index contributed by atoms with van der Waals surface area (Å²) >= 11 is 0. The molecule has 0 aromatic heterocycles. The predicted molar refractivity (Wildman–Crippen MR) is 76.7 cm³/mol. The summed E-state index contributed by atoms with van der Waals surface area (Å²) < 4.78 is 10.8. The van der Waals surface area contributed by atoms with Gasteiger partial charge in [0, 0.05) is 0 Å². The monoisotopic (exact) mass is 272 g/mol. The van der Waals surface area contributed by atoms with Crippen molar-refractivity contribution in [3.05, 3.63) is 53.6 Å². The lowest BCUT2D eigenvalue weighted by Gasteiger charge is -2.12. The molecule has 0 aliphatic heterocycles. The first-order valence-electron chi connectivity index (χ1n) is 6.06. The number of carbonyl (C=O) groups is 1. The van der Waals surface area contributed by atoms with Gasteiger partial charge in [-0.25, -0.2) is 0 Å². The van der Waals surface area contributed by atoms with Crippen molar-refractivity contribution in [2.75, 3.05) is 12.8 Å². The van der Waals surface area contributed by atoms with Gasteiger partial charge in [0.2, 0.25) is 0 Å². The maximum Gasteiger partial charge on any atom is 0.252 e. The Hall–Kier alpha value is -2.69. The molecule has 5 nitrogen and oxygen atoms in total. The zero-order valence-corrected chi connectivity index (χ0v) is 11.1. The number of anilines is 1. The molecule has 4 N–H and O–H groups in total. The van der Waals surface area contributed by atoms with Gasteiger partial charge in [0.1, 0.15) is 12.4 Å². The third kappa shape index (κ3) is 3.00. The Morgan fingerprint density at radius 3 is 2.65 bits per heavy atom. The van der Waals surface area contributed by atoms with E-state index in [0.717, 1.165) is 11.3 Å². The minimum Gasteiger partial charge on any atom is -0.497 e. The molecule has 0 radical (unpaired) electrons. The fourth-order valence-electron chi connectivity index (χ4n) is 1.83. The highest BCUT2D eigenvalue weighted by Crippen LogP contribution is 2.27. The second kappa shape index (κ2) is 5.97. The highest BCUT2D eigenvalue weighted by atomic mass is 16.5. The number of primary amides is 1. The Balaban J connectivity index is 2.20. The van der Waals surface area contributed by atoms with Crippen molar-refractivity contribution in [3.8, 4) is 11.5 Å². The molecule has 0 saturated heterocycles. The number of amides is 1. The zero-order chi connectivity index (χ0) is 14.5. The third-order valence-corrected chi connectivity index (χ3v) is 2.83. The van der Waals surface area contributed by atoms with Crippen molar-refractivity contribution in [1.29, 1.82) is 0 Å². The van der Waals surface area contributed by atoms with Crippen LogP contribution in [0.15, 0.2) is 42.5 Å². The van der Waals surface area contributed by atoms with Crippen molar-refractivity contribution in [2.24, 2.45) is 5.73 Å². The highest BCUT2D eigenvalue weighted by molar-refractivity contribution is 5.97. The number of para-hydroxylation sites is 1. The van der Waals surface area contributed by atoms with E-state index >= 15 is 0 Å². The number of ether oxygens (including phenoxy) is 2. The quantitative estimate of drug-likeness (QED) is 0.814. The van der Waals surface area contributed by atoms with E-state index in [9.17, 15) is 4.79 Å². The molecule has 0 heterocycles. The van der Waals surface area contributed by atoms with Crippen LogP contribution in [-0.4, -0.2) is 13.0 Å². The van der Waals surface area contributed by atoms with Gasteiger partial charge in [-0.05, 0) is 29.8 Å². The summed E-state index contributed by atoms with van der Waals surface area (Å²) in [6, 6.07) is 12.4. The summed E-state index contributed by atoms with van der Waals surface area (Å²) in [6.45, 7) is 0.270. The van der Waals surface area contributed by atoms with Crippen molar-refractivity contribution < 1.29 is 14.3 Å². The van der Waals surface area contributed by atoms with Crippen LogP contribution < -0.4 is 20.9 Å². The van der Waals surface area contributed by atoms with Crippen LogP contribution in [0, 0.1) is 0 Å². The van der Waals surface area contributed by atoms with Gasteiger partial charge < -0.3 is 20.9 Å². The lowest BCUT2D eigenvalue weighted by Crippen LogP contribution is -2.14. The van der Waals surface area contributed by atoms with E-state index in [0.29, 0.717) is 11.4 Å². The van der Waals surface area contributed by atoms with Crippen molar-refractivity contribution in [3.63, 3.8) is 0 Å². The van der Waals surface area contributed by atoms with Crippen LogP contribution >= 0.6 is 0 Å². The average Bonchev–Trinajstić information content (AvgIpc) is 2.45. The Bertz CT molecular complexity index is 626. The highest BCUT2D eigenvalue weighted by Gasteiger charge is 2.12. The number of hydrogen-bond acceptors (Lipinski definition) is 4. The van der Waals surface area contributed by atoms with E-state index < -0.39 is 5.91 Å². The van der Waals surface area contributed by atoms with E-state index in [2.05, 4.69) is 0 Å². The zero-order valence-electron chi connectivity index (χ0n) is 11.1. The normalized spacial score (nSPS) is 10.1. The van der Waals surface area contributed by atoms with Crippen LogP contribution in [0.4, 0.5) is 5.69 Å². The Kier molecular flexibility index (Phi) is 4.10. The predicted octanol–water partition coefficient (Wildman–Crippen LogP) is 1.96. The molecular weight excluding hydrogens is 256 g/mol. The first-order chi connectivity index (χ1) is 9.61. The molecule has 20 heavy (non-hydrogen) atoms. The summed E-state index contributed by atoms with van der Waals surface area (Å²) in [5, 5.41) is 0. The molecule has 5 heteroatoms.